The van der Waals surface area contributed by atoms with Gasteiger partial charge in [-0.25, -0.2) is 22.3 Å². The smallest absolute Gasteiger partial charge is 0.339 e. The van der Waals surface area contributed by atoms with E-state index in [0.29, 0.717) is 5.92 Å². The Morgan fingerprint density at radius 2 is 2.14 bits per heavy atom. The van der Waals surface area contributed by atoms with Gasteiger partial charge < -0.3 is 10.5 Å². The van der Waals surface area contributed by atoms with Crippen molar-refractivity contribution in [3.63, 3.8) is 0 Å². The number of halogens is 2. The van der Waals surface area contributed by atoms with Crippen LogP contribution in [0.2, 0.25) is 0 Å². The summed E-state index contributed by atoms with van der Waals surface area (Å²) in [6, 6.07) is 2.59. The molecule has 2 rings (SSSR count). The first kappa shape index (κ1) is 18.8. The highest BCUT2D eigenvalue weighted by Gasteiger charge is 2.30. The van der Waals surface area contributed by atoms with Crippen molar-refractivity contribution in [1.82, 2.24) is 4.72 Å². The third-order valence-corrected chi connectivity index (χ3v) is 4.84. The molecule has 0 saturated heterocycles. The van der Waals surface area contributed by atoms with Crippen molar-refractivity contribution in [3.8, 4) is 0 Å². The zero-order valence-corrected chi connectivity index (χ0v) is 13.5. The zero-order chi connectivity index (χ0) is 15.6. The van der Waals surface area contributed by atoms with Gasteiger partial charge in [-0.2, -0.15) is 0 Å². The van der Waals surface area contributed by atoms with Crippen LogP contribution in [0.4, 0.5) is 4.39 Å². The maximum Gasteiger partial charge on any atom is 0.339 e. The van der Waals surface area contributed by atoms with E-state index in [-0.39, 0.29) is 30.6 Å². The van der Waals surface area contributed by atoms with Gasteiger partial charge in [-0.05, 0) is 37.0 Å². The fourth-order valence-electron chi connectivity index (χ4n) is 1.97. The molecule has 0 aromatic heterocycles. The summed E-state index contributed by atoms with van der Waals surface area (Å²) in [6.45, 7) is 0.0458. The Morgan fingerprint density at radius 1 is 1.50 bits per heavy atom. The van der Waals surface area contributed by atoms with Crippen molar-refractivity contribution >= 4 is 28.4 Å². The Morgan fingerprint density at radius 3 is 2.68 bits per heavy atom. The number of ether oxygens (including phenoxy) is 1. The molecule has 1 atom stereocenters. The highest BCUT2D eigenvalue weighted by atomic mass is 35.5. The number of carbonyl (C=O) groups is 1. The quantitative estimate of drug-likeness (QED) is 0.746. The number of nitrogens with two attached hydrogens (primary N) is 1. The molecule has 124 valence electrons. The summed E-state index contributed by atoms with van der Waals surface area (Å²) in [6.07, 6.45) is 1.96. The third-order valence-electron chi connectivity index (χ3n) is 3.38. The molecular formula is C13H18ClFN2O4S. The number of nitrogens with one attached hydrogen (secondary N) is 1. The van der Waals surface area contributed by atoms with Gasteiger partial charge >= 0.3 is 5.97 Å². The predicted octanol–water partition coefficient (Wildman–Crippen LogP) is 1.05. The Labute approximate surface area is 134 Å². The lowest BCUT2D eigenvalue weighted by Crippen LogP contribution is -2.39. The van der Waals surface area contributed by atoms with Crippen molar-refractivity contribution in [2.24, 2.45) is 11.7 Å². The average Bonchev–Trinajstić information content (AvgIpc) is 3.28. The van der Waals surface area contributed by atoms with E-state index in [4.69, 9.17) is 5.73 Å². The monoisotopic (exact) mass is 352 g/mol. The molecule has 0 amide bonds. The van der Waals surface area contributed by atoms with Crippen LogP contribution in [-0.2, 0) is 14.8 Å². The minimum absolute atomic E-state index is 0. The number of esters is 1. The molecule has 1 unspecified atom stereocenters. The van der Waals surface area contributed by atoms with Crippen molar-refractivity contribution in [3.05, 3.63) is 29.6 Å². The number of benzene rings is 1. The highest BCUT2D eigenvalue weighted by Crippen LogP contribution is 2.31. The number of carbonyl (C=O) groups excluding carboxylic acids is 1. The van der Waals surface area contributed by atoms with Gasteiger partial charge in [0.25, 0.3) is 0 Å². The lowest BCUT2D eigenvalue weighted by atomic mass is 10.2. The second-order valence-corrected chi connectivity index (χ2v) is 6.72. The van der Waals surface area contributed by atoms with Crippen LogP contribution in [0.15, 0.2) is 23.1 Å². The lowest BCUT2D eigenvalue weighted by Gasteiger charge is -2.14. The zero-order valence-electron chi connectivity index (χ0n) is 11.9. The minimum Gasteiger partial charge on any atom is -0.465 e. The Hall–Kier alpha value is -1.22. The van der Waals surface area contributed by atoms with E-state index in [9.17, 15) is 17.6 Å². The minimum atomic E-state index is -4.04. The number of methoxy groups -OCH3 is 1. The average molecular weight is 353 g/mol. The summed E-state index contributed by atoms with van der Waals surface area (Å²) < 4.78 is 44.6. The summed E-state index contributed by atoms with van der Waals surface area (Å²) in [5.74, 6) is -1.28. The molecule has 0 aliphatic heterocycles. The van der Waals surface area contributed by atoms with Crippen LogP contribution in [0, 0.1) is 11.7 Å². The van der Waals surface area contributed by atoms with Gasteiger partial charge in [-0.15, -0.1) is 12.4 Å². The Balaban J connectivity index is 0.00000242. The van der Waals surface area contributed by atoms with Crippen LogP contribution in [0.1, 0.15) is 23.2 Å². The third kappa shape index (κ3) is 4.39. The van der Waals surface area contributed by atoms with Crippen molar-refractivity contribution in [1.29, 1.82) is 0 Å². The molecular weight excluding hydrogens is 335 g/mol. The summed E-state index contributed by atoms with van der Waals surface area (Å²) in [4.78, 5) is 11.1. The van der Waals surface area contributed by atoms with Crippen LogP contribution in [-0.4, -0.2) is 34.1 Å². The molecule has 1 aliphatic carbocycles. The first-order valence-corrected chi connectivity index (χ1v) is 7.96. The van der Waals surface area contributed by atoms with Gasteiger partial charge in [-0.1, -0.05) is 0 Å². The molecule has 0 spiro atoms. The predicted molar refractivity (Wildman–Crippen MR) is 80.9 cm³/mol. The lowest BCUT2D eigenvalue weighted by molar-refractivity contribution is 0.0596. The molecule has 0 bridgehead atoms. The number of rotatable bonds is 6. The van der Waals surface area contributed by atoms with E-state index in [1.165, 1.54) is 0 Å². The second-order valence-electron chi connectivity index (χ2n) is 4.99. The summed E-state index contributed by atoms with van der Waals surface area (Å²) in [7, 11) is -2.92. The number of hydrogen-bond acceptors (Lipinski definition) is 5. The number of sulfonamides is 1. The Bertz CT molecular complexity index is 649. The largest absolute Gasteiger partial charge is 0.465 e. The normalized spacial score (nSPS) is 15.8. The van der Waals surface area contributed by atoms with Crippen molar-refractivity contribution in [2.75, 3.05) is 13.7 Å². The fourth-order valence-corrected chi connectivity index (χ4v) is 3.25. The number of hydrogen-bond donors (Lipinski definition) is 2. The van der Waals surface area contributed by atoms with E-state index in [2.05, 4.69) is 9.46 Å². The van der Waals surface area contributed by atoms with Crippen LogP contribution in [0.25, 0.3) is 0 Å². The molecule has 9 heteroatoms. The molecule has 1 aliphatic rings. The first-order chi connectivity index (χ1) is 9.85. The first-order valence-electron chi connectivity index (χ1n) is 6.48. The van der Waals surface area contributed by atoms with E-state index in [1.54, 1.807) is 0 Å². The topological polar surface area (TPSA) is 98.5 Å². The molecule has 3 N–H and O–H groups in total. The summed E-state index contributed by atoms with van der Waals surface area (Å²) in [5.41, 5.74) is 5.61. The van der Waals surface area contributed by atoms with E-state index < -0.39 is 26.7 Å². The molecule has 0 radical (unpaired) electrons. The van der Waals surface area contributed by atoms with Crippen LogP contribution in [0.3, 0.4) is 0 Å². The summed E-state index contributed by atoms with van der Waals surface area (Å²) in [5, 5.41) is 0. The SMILES string of the molecule is COC(=O)c1ccc(F)cc1S(=O)(=O)NCC(N)C1CC1.Cl. The second kappa shape index (κ2) is 7.36. The van der Waals surface area contributed by atoms with E-state index in [1.807, 2.05) is 0 Å². The van der Waals surface area contributed by atoms with E-state index >= 15 is 0 Å². The van der Waals surface area contributed by atoms with Gasteiger partial charge in [-0.3, -0.25) is 0 Å². The molecule has 1 fully saturated rings. The maximum atomic E-state index is 13.3. The standard InChI is InChI=1S/C13H17FN2O4S.ClH/c1-20-13(17)10-5-4-9(14)6-12(10)21(18,19)16-7-11(15)8-2-3-8;/h4-6,8,11,16H,2-3,7,15H2,1H3;1H. The van der Waals surface area contributed by atoms with Crippen LogP contribution >= 0.6 is 12.4 Å². The molecule has 6 nitrogen and oxygen atoms in total. The fraction of sp³-hybridized carbons (Fsp3) is 0.462. The van der Waals surface area contributed by atoms with Crippen molar-refractivity contribution in [2.45, 2.75) is 23.8 Å². The summed E-state index contributed by atoms with van der Waals surface area (Å²) >= 11 is 0. The van der Waals surface area contributed by atoms with Gasteiger partial charge in [0.2, 0.25) is 10.0 Å². The molecule has 1 saturated carbocycles. The molecule has 0 heterocycles. The molecule has 22 heavy (non-hydrogen) atoms. The molecule has 1 aromatic carbocycles. The van der Waals surface area contributed by atoms with Crippen LogP contribution in [0.5, 0.6) is 0 Å². The van der Waals surface area contributed by atoms with Gasteiger partial charge in [0.1, 0.15) is 5.82 Å². The maximum absolute atomic E-state index is 13.3. The van der Waals surface area contributed by atoms with Gasteiger partial charge in [0, 0.05) is 12.6 Å². The molecule has 1 aromatic rings. The van der Waals surface area contributed by atoms with E-state index in [0.717, 1.165) is 38.2 Å². The Kier molecular flexibility index (Phi) is 6.30. The van der Waals surface area contributed by atoms with Crippen LogP contribution < -0.4 is 10.5 Å². The van der Waals surface area contributed by atoms with Crippen molar-refractivity contribution < 1.29 is 22.3 Å². The van der Waals surface area contributed by atoms with Gasteiger partial charge in [0.05, 0.1) is 17.6 Å². The van der Waals surface area contributed by atoms with Gasteiger partial charge in [0.15, 0.2) is 0 Å². The highest BCUT2D eigenvalue weighted by molar-refractivity contribution is 7.89.